The molecule has 0 spiro atoms. The fourth-order valence-electron chi connectivity index (χ4n) is 3.15. The van der Waals surface area contributed by atoms with Crippen molar-refractivity contribution >= 4 is 22.1 Å². The maximum absolute atomic E-state index is 14.2. The first-order valence-corrected chi connectivity index (χ1v) is 8.45. The van der Waals surface area contributed by atoms with E-state index in [1.165, 1.54) is 19.0 Å². The third-order valence-electron chi connectivity index (χ3n) is 4.26. The van der Waals surface area contributed by atoms with Crippen molar-refractivity contribution in [3.8, 4) is 11.3 Å². The summed E-state index contributed by atoms with van der Waals surface area (Å²) in [6, 6.07) is 2.14. The van der Waals surface area contributed by atoms with Crippen LogP contribution >= 0.6 is 11.3 Å². The third-order valence-corrected chi connectivity index (χ3v) is 5.20. The lowest BCUT2D eigenvalue weighted by Gasteiger charge is -2.15. The Balaban J connectivity index is 1.88. The van der Waals surface area contributed by atoms with Gasteiger partial charge in [0.05, 0.1) is 6.20 Å². The zero-order valence-corrected chi connectivity index (χ0v) is 13.2. The Morgan fingerprint density at radius 1 is 1.36 bits per heavy atom. The van der Waals surface area contributed by atoms with Crippen LogP contribution in [0.4, 0.5) is 10.2 Å². The summed E-state index contributed by atoms with van der Waals surface area (Å²) in [7, 11) is 0. The van der Waals surface area contributed by atoms with Crippen molar-refractivity contribution in [1.29, 1.82) is 0 Å². The molecule has 3 aromatic heterocycles. The summed E-state index contributed by atoms with van der Waals surface area (Å²) in [5.74, 6) is 0.575. The molecule has 1 aliphatic carbocycles. The van der Waals surface area contributed by atoms with Gasteiger partial charge in [-0.15, -0.1) is 11.3 Å². The number of imidazole rings is 1. The number of rotatable bonds is 3. The SMILES string of the molecule is Cc1csc2nc(-c3ccncc3F)c(NC3CCCC3)n12. The van der Waals surface area contributed by atoms with E-state index < -0.39 is 0 Å². The van der Waals surface area contributed by atoms with Gasteiger partial charge in [-0.2, -0.15) is 0 Å². The maximum Gasteiger partial charge on any atom is 0.196 e. The molecule has 1 N–H and O–H groups in total. The molecule has 114 valence electrons. The van der Waals surface area contributed by atoms with Gasteiger partial charge in [0, 0.05) is 28.9 Å². The number of nitrogens with one attached hydrogen (secondary N) is 1. The summed E-state index contributed by atoms with van der Waals surface area (Å²) < 4.78 is 16.3. The number of pyridine rings is 1. The monoisotopic (exact) mass is 316 g/mol. The molecule has 6 heteroatoms. The Kier molecular flexibility index (Phi) is 3.33. The Bertz CT molecular complexity index is 817. The Hall–Kier alpha value is -1.95. The van der Waals surface area contributed by atoms with E-state index in [0.29, 0.717) is 17.3 Å². The number of nitrogens with zero attached hydrogens (tertiary/aromatic N) is 3. The van der Waals surface area contributed by atoms with Crippen LogP contribution in [0.25, 0.3) is 16.2 Å². The van der Waals surface area contributed by atoms with Crippen molar-refractivity contribution in [2.24, 2.45) is 0 Å². The maximum atomic E-state index is 14.2. The van der Waals surface area contributed by atoms with Crippen LogP contribution in [0.2, 0.25) is 0 Å². The number of hydrogen-bond acceptors (Lipinski definition) is 4. The largest absolute Gasteiger partial charge is 0.367 e. The molecular formula is C16H17FN4S. The molecule has 4 rings (SSSR count). The molecule has 22 heavy (non-hydrogen) atoms. The number of aromatic nitrogens is 3. The van der Waals surface area contributed by atoms with Crippen LogP contribution in [0.3, 0.4) is 0 Å². The van der Waals surface area contributed by atoms with Gasteiger partial charge >= 0.3 is 0 Å². The van der Waals surface area contributed by atoms with Crippen molar-refractivity contribution < 1.29 is 4.39 Å². The number of halogens is 1. The number of fused-ring (bicyclic) bond motifs is 1. The average Bonchev–Trinajstić information content (AvgIpc) is 3.21. The lowest BCUT2D eigenvalue weighted by Crippen LogP contribution is -2.16. The van der Waals surface area contributed by atoms with Crippen molar-refractivity contribution in [1.82, 2.24) is 14.4 Å². The molecule has 0 amide bonds. The molecule has 0 bridgehead atoms. The zero-order valence-electron chi connectivity index (χ0n) is 12.3. The Morgan fingerprint density at radius 3 is 2.95 bits per heavy atom. The highest BCUT2D eigenvalue weighted by atomic mass is 32.1. The van der Waals surface area contributed by atoms with E-state index in [-0.39, 0.29) is 5.82 Å². The summed E-state index contributed by atoms with van der Waals surface area (Å²) >= 11 is 1.58. The normalized spacial score (nSPS) is 15.7. The van der Waals surface area contributed by atoms with E-state index in [1.54, 1.807) is 23.6 Å². The molecule has 0 aromatic carbocycles. The second-order valence-electron chi connectivity index (χ2n) is 5.79. The number of aryl methyl sites for hydroxylation is 1. The van der Waals surface area contributed by atoms with Crippen LogP contribution in [-0.2, 0) is 0 Å². The smallest absolute Gasteiger partial charge is 0.196 e. The quantitative estimate of drug-likeness (QED) is 0.785. The minimum Gasteiger partial charge on any atom is -0.367 e. The summed E-state index contributed by atoms with van der Waals surface area (Å²) in [6.45, 7) is 2.05. The minimum atomic E-state index is -0.333. The van der Waals surface area contributed by atoms with Crippen LogP contribution in [-0.4, -0.2) is 20.4 Å². The first-order chi connectivity index (χ1) is 10.7. The summed E-state index contributed by atoms with van der Waals surface area (Å²) in [5, 5.41) is 5.68. The Labute approximate surface area is 132 Å². The number of hydrogen-bond donors (Lipinski definition) is 1. The summed E-state index contributed by atoms with van der Waals surface area (Å²) in [6.07, 6.45) is 7.68. The molecule has 0 radical (unpaired) electrons. The molecule has 4 nitrogen and oxygen atoms in total. The van der Waals surface area contributed by atoms with Crippen molar-refractivity contribution in [3.05, 3.63) is 35.4 Å². The Morgan fingerprint density at radius 2 is 2.18 bits per heavy atom. The van der Waals surface area contributed by atoms with Crippen LogP contribution in [0.15, 0.2) is 23.8 Å². The molecule has 1 aliphatic rings. The molecule has 0 atom stereocenters. The molecule has 0 saturated heterocycles. The molecule has 1 saturated carbocycles. The first kappa shape index (κ1) is 13.7. The van der Waals surface area contributed by atoms with Gasteiger partial charge in [-0.05, 0) is 25.8 Å². The van der Waals surface area contributed by atoms with Crippen molar-refractivity contribution in [2.75, 3.05) is 5.32 Å². The van der Waals surface area contributed by atoms with E-state index in [4.69, 9.17) is 0 Å². The second kappa shape index (κ2) is 5.35. The van der Waals surface area contributed by atoms with E-state index in [2.05, 4.69) is 32.0 Å². The predicted octanol–water partition coefficient (Wildman–Crippen LogP) is 4.26. The minimum absolute atomic E-state index is 0.333. The van der Waals surface area contributed by atoms with Crippen LogP contribution in [0.5, 0.6) is 0 Å². The highest BCUT2D eigenvalue weighted by Gasteiger charge is 2.23. The number of anilines is 1. The second-order valence-corrected chi connectivity index (χ2v) is 6.62. The van der Waals surface area contributed by atoms with E-state index in [1.807, 2.05) is 0 Å². The van der Waals surface area contributed by atoms with Crippen LogP contribution in [0, 0.1) is 12.7 Å². The first-order valence-electron chi connectivity index (χ1n) is 7.57. The fourth-order valence-corrected chi connectivity index (χ4v) is 4.01. The summed E-state index contributed by atoms with van der Waals surface area (Å²) in [5.41, 5.74) is 2.31. The van der Waals surface area contributed by atoms with E-state index in [9.17, 15) is 4.39 Å². The molecule has 3 heterocycles. The molecule has 3 aromatic rings. The molecular weight excluding hydrogens is 299 g/mol. The van der Waals surface area contributed by atoms with Gasteiger partial charge in [0.25, 0.3) is 0 Å². The lowest BCUT2D eigenvalue weighted by molar-refractivity contribution is 0.624. The van der Waals surface area contributed by atoms with E-state index in [0.717, 1.165) is 29.3 Å². The number of thiazole rings is 1. The third kappa shape index (κ3) is 2.18. The van der Waals surface area contributed by atoms with Gasteiger partial charge < -0.3 is 5.32 Å². The fraction of sp³-hybridized carbons (Fsp3) is 0.375. The van der Waals surface area contributed by atoms with Gasteiger partial charge in [-0.25, -0.2) is 9.37 Å². The summed E-state index contributed by atoms with van der Waals surface area (Å²) in [4.78, 5) is 9.39. The standard InChI is InChI=1S/C16H17FN4S/c1-10-9-22-16-20-14(12-6-7-18-8-13(12)17)15(21(10)16)19-11-4-2-3-5-11/h6-9,11,19H,2-5H2,1H3. The van der Waals surface area contributed by atoms with Gasteiger partial charge in [0.1, 0.15) is 11.5 Å². The van der Waals surface area contributed by atoms with E-state index >= 15 is 0 Å². The van der Waals surface area contributed by atoms with Crippen molar-refractivity contribution in [2.45, 2.75) is 38.6 Å². The lowest BCUT2D eigenvalue weighted by atomic mass is 10.1. The van der Waals surface area contributed by atoms with Crippen molar-refractivity contribution in [3.63, 3.8) is 0 Å². The highest BCUT2D eigenvalue weighted by Crippen LogP contribution is 2.35. The topological polar surface area (TPSA) is 42.2 Å². The van der Waals surface area contributed by atoms with Crippen LogP contribution in [0.1, 0.15) is 31.4 Å². The highest BCUT2D eigenvalue weighted by molar-refractivity contribution is 7.15. The van der Waals surface area contributed by atoms with Crippen LogP contribution < -0.4 is 5.32 Å². The van der Waals surface area contributed by atoms with Gasteiger partial charge in [0.2, 0.25) is 0 Å². The van der Waals surface area contributed by atoms with Gasteiger partial charge in [-0.3, -0.25) is 9.38 Å². The van der Waals surface area contributed by atoms with Gasteiger partial charge in [0.15, 0.2) is 10.8 Å². The zero-order chi connectivity index (χ0) is 15.1. The predicted molar refractivity (Wildman–Crippen MR) is 86.9 cm³/mol. The molecule has 0 unspecified atom stereocenters. The molecule has 0 aliphatic heterocycles. The van der Waals surface area contributed by atoms with Gasteiger partial charge in [-0.1, -0.05) is 12.8 Å². The average molecular weight is 316 g/mol. The molecule has 1 fully saturated rings.